The number of amides is 1. The average molecular weight is 568 g/mol. The largest absolute Gasteiger partial charge is 0.485 e. The van der Waals surface area contributed by atoms with Gasteiger partial charge in [-0.1, -0.05) is 60.7 Å². The number of ether oxygens (including phenoxy) is 5. The lowest BCUT2D eigenvalue weighted by Gasteiger charge is -2.26. The van der Waals surface area contributed by atoms with Gasteiger partial charge in [0.05, 0.1) is 7.11 Å². The Bertz CT molecular complexity index is 1360. The van der Waals surface area contributed by atoms with Crippen molar-refractivity contribution in [3.8, 4) is 11.5 Å². The highest BCUT2D eigenvalue weighted by Crippen LogP contribution is 2.40. The quantitative estimate of drug-likeness (QED) is 0.238. The molecule has 1 aliphatic heterocycles. The molecule has 0 bridgehead atoms. The Hall–Kier alpha value is -4.18. The first kappa shape index (κ1) is 28.8. The lowest BCUT2D eigenvalue weighted by atomic mass is 10.0. The minimum Gasteiger partial charge on any atom is -0.485 e. The van der Waals surface area contributed by atoms with Crippen molar-refractivity contribution in [1.82, 2.24) is 4.90 Å². The van der Waals surface area contributed by atoms with E-state index < -0.39 is 35.6 Å². The molecule has 1 saturated heterocycles. The third-order valence-electron chi connectivity index (χ3n) is 5.87. The van der Waals surface area contributed by atoms with Gasteiger partial charge in [-0.25, -0.2) is 18.9 Å². The van der Waals surface area contributed by atoms with Gasteiger partial charge in [0.15, 0.2) is 23.6 Å². The fourth-order valence-electron chi connectivity index (χ4n) is 4.03. The second-order valence-electron chi connectivity index (χ2n) is 9.99. The van der Waals surface area contributed by atoms with Crippen LogP contribution >= 0.6 is 12.2 Å². The fourth-order valence-corrected chi connectivity index (χ4v) is 4.32. The minimum atomic E-state index is -1.43. The van der Waals surface area contributed by atoms with Crippen LogP contribution in [0, 0.1) is 5.82 Å². The molecule has 0 radical (unpaired) electrons. The number of esters is 1. The summed E-state index contributed by atoms with van der Waals surface area (Å²) in [6, 6.07) is 19.9. The van der Waals surface area contributed by atoms with Crippen molar-refractivity contribution in [1.29, 1.82) is 0 Å². The summed E-state index contributed by atoms with van der Waals surface area (Å²) in [7, 11) is 1.15. The molecule has 1 amide bonds. The molecule has 3 aromatic rings. The first-order valence-electron chi connectivity index (χ1n) is 12.5. The van der Waals surface area contributed by atoms with Crippen LogP contribution in [0.15, 0.2) is 72.8 Å². The maximum Gasteiger partial charge on any atom is 0.418 e. The number of benzene rings is 3. The normalized spacial score (nSPS) is 16.7. The molecule has 0 aliphatic carbocycles. The SMILES string of the molecule is COC(=O)[C@@H]1[C@@H](c2cc(OCc3ccccc3)c(OCc3ccccc3)cc2F)OC(=S)N1C(=O)OC(C)(C)C. The van der Waals surface area contributed by atoms with Crippen molar-refractivity contribution in [3.05, 3.63) is 95.3 Å². The maximum absolute atomic E-state index is 15.7. The number of carbonyl (C=O) groups excluding carboxylic acids is 2. The summed E-state index contributed by atoms with van der Waals surface area (Å²) in [6.45, 7) is 5.34. The minimum absolute atomic E-state index is 0.0704. The average Bonchev–Trinajstić information content (AvgIpc) is 3.27. The van der Waals surface area contributed by atoms with Gasteiger partial charge in [-0.2, -0.15) is 0 Å². The lowest BCUT2D eigenvalue weighted by Crippen LogP contribution is -2.47. The molecule has 1 fully saturated rings. The van der Waals surface area contributed by atoms with Gasteiger partial charge in [0, 0.05) is 11.6 Å². The van der Waals surface area contributed by atoms with E-state index in [1.165, 1.54) is 6.07 Å². The van der Waals surface area contributed by atoms with Crippen molar-refractivity contribution in [2.24, 2.45) is 0 Å². The molecule has 0 N–H and O–H groups in total. The Morgan fingerprint density at radius 3 is 1.95 bits per heavy atom. The van der Waals surface area contributed by atoms with Crippen molar-refractivity contribution >= 4 is 29.5 Å². The van der Waals surface area contributed by atoms with Gasteiger partial charge in [0.25, 0.3) is 5.17 Å². The first-order valence-corrected chi connectivity index (χ1v) is 13.0. The monoisotopic (exact) mass is 567 g/mol. The van der Waals surface area contributed by atoms with Crippen LogP contribution in [0.5, 0.6) is 11.5 Å². The van der Waals surface area contributed by atoms with Crippen molar-refractivity contribution in [3.63, 3.8) is 0 Å². The van der Waals surface area contributed by atoms with Gasteiger partial charge in [0.1, 0.15) is 24.6 Å². The highest BCUT2D eigenvalue weighted by molar-refractivity contribution is 7.80. The molecular weight excluding hydrogens is 537 g/mol. The Kier molecular flexibility index (Phi) is 8.89. The zero-order chi connectivity index (χ0) is 28.9. The predicted molar refractivity (Wildman–Crippen MR) is 148 cm³/mol. The Labute approximate surface area is 237 Å². The van der Waals surface area contributed by atoms with E-state index in [-0.39, 0.29) is 35.5 Å². The van der Waals surface area contributed by atoms with Crippen LogP contribution in [0.2, 0.25) is 0 Å². The summed E-state index contributed by atoms with van der Waals surface area (Å²) in [5.41, 5.74) is 0.805. The van der Waals surface area contributed by atoms with Crippen LogP contribution in [-0.2, 0) is 32.2 Å². The van der Waals surface area contributed by atoms with Crippen LogP contribution in [0.1, 0.15) is 43.6 Å². The zero-order valence-corrected chi connectivity index (χ0v) is 23.4. The second-order valence-corrected chi connectivity index (χ2v) is 10.3. The number of thiocarbonyl (C=S) groups is 1. The number of methoxy groups -OCH3 is 1. The molecule has 40 heavy (non-hydrogen) atoms. The number of rotatable bonds is 8. The number of hydrogen-bond acceptors (Lipinski definition) is 8. The van der Waals surface area contributed by atoms with E-state index in [0.717, 1.165) is 29.2 Å². The Balaban J connectivity index is 1.70. The van der Waals surface area contributed by atoms with Gasteiger partial charge in [0.2, 0.25) is 0 Å². The molecule has 1 aliphatic rings. The van der Waals surface area contributed by atoms with E-state index in [0.29, 0.717) is 0 Å². The fraction of sp³-hybridized carbons (Fsp3) is 0.300. The molecule has 0 spiro atoms. The maximum atomic E-state index is 15.7. The Morgan fingerprint density at radius 1 is 0.925 bits per heavy atom. The third kappa shape index (κ3) is 6.87. The smallest absolute Gasteiger partial charge is 0.418 e. The van der Waals surface area contributed by atoms with Gasteiger partial charge in [-0.05, 0) is 50.2 Å². The molecule has 0 unspecified atom stereocenters. The molecule has 1 heterocycles. The summed E-state index contributed by atoms with van der Waals surface area (Å²) in [5.74, 6) is -1.24. The highest BCUT2D eigenvalue weighted by Gasteiger charge is 2.51. The van der Waals surface area contributed by atoms with Crippen molar-refractivity contribution in [2.45, 2.75) is 51.7 Å². The number of halogens is 1. The predicted octanol–water partition coefficient (Wildman–Crippen LogP) is 6.12. The summed E-state index contributed by atoms with van der Waals surface area (Å²) < 4.78 is 43.7. The van der Waals surface area contributed by atoms with Crippen molar-refractivity contribution < 1.29 is 37.7 Å². The molecular formula is C30H30FNO7S. The van der Waals surface area contributed by atoms with Crippen LogP contribution < -0.4 is 9.47 Å². The van der Waals surface area contributed by atoms with Crippen molar-refractivity contribution in [2.75, 3.05) is 7.11 Å². The first-order chi connectivity index (χ1) is 19.1. The van der Waals surface area contributed by atoms with E-state index in [1.807, 2.05) is 60.7 Å². The van der Waals surface area contributed by atoms with E-state index in [9.17, 15) is 9.59 Å². The second kappa shape index (κ2) is 12.3. The van der Waals surface area contributed by atoms with Crippen LogP contribution in [0.25, 0.3) is 0 Å². The highest BCUT2D eigenvalue weighted by atomic mass is 32.1. The molecule has 8 nitrogen and oxygen atoms in total. The number of hydrogen-bond donors (Lipinski definition) is 0. The molecule has 3 aromatic carbocycles. The van der Waals surface area contributed by atoms with Gasteiger partial charge >= 0.3 is 12.1 Å². The summed E-state index contributed by atoms with van der Waals surface area (Å²) in [6.07, 6.45) is -2.24. The molecule has 210 valence electrons. The van der Waals surface area contributed by atoms with Crippen LogP contribution in [0.4, 0.5) is 9.18 Å². The molecule has 10 heteroatoms. The third-order valence-corrected chi connectivity index (χ3v) is 6.16. The number of carbonyl (C=O) groups is 2. The van der Waals surface area contributed by atoms with Gasteiger partial charge in [-0.3, -0.25) is 0 Å². The van der Waals surface area contributed by atoms with Crippen LogP contribution in [0.3, 0.4) is 0 Å². The summed E-state index contributed by atoms with van der Waals surface area (Å²) in [5, 5.41) is -0.342. The summed E-state index contributed by atoms with van der Waals surface area (Å²) >= 11 is 5.26. The molecule has 0 aromatic heterocycles. The summed E-state index contributed by atoms with van der Waals surface area (Å²) in [4.78, 5) is 26.7. The molecule has 2 atom stereocenters. The lowest BCUT2D eigenvalue weighted by molar-refractivity contribution is -0.146. The number of nitrogens with zero attached hydrogens (tertiary/aromatic N) is 1. The topological polar surface area (TPSA) is 83.5 Å². The molecule has 4 rings (SSSR count). The van der Waals surface area contributed by atoms with Crippen LogP contribution in [-0.4, -0.2) is 40.9 Å². The van der Waals surface area contributed by atoms with Gasteiger partial charge in [-0.15, -0.1) is 0 Å². The van der Waals surface area contributed by atoms with E-state index in [4.69, 9.17) is 35.9 Å². The Morgan fingerprint density at radius 2 is 1.45 bits per heavy atom. The molecule has 0 saturated carbocycles. The van der Waals surface area contributed by atoms with E-state index in [2.05, 4.69) is 0 Å². The van der Waals surface area contributed by atoms with E-state index >= 15 is 4.39 Å². The van der Waals surface area contributed by atoms with Gasteiger partial charge < -0.3 is 23.7 Å². The zero-order valence-electron chi connectivity index (χ0n) is 22.6. The van der Waals surface area contributed by atoms with E-state index in [1.54, 1.807) is 20.8 Å². The standard InChI is InChI=1S/C30H30FNO7S/c1-30(2,3)39-28(34)32-25(27(33)35-4)26(38-29(32)40)21-15-23(36-17-19-11-7-5-8-12-19)24(16-22(21)31)37-18-20-13-9-6-10-14-20/h5-16,25-26H,17-18H2,1-4H3/t25-,26+/m0/s1.